The van der Waals surface area contributed by atoms with Gasteiger partial charge in [-0.05, 0) is 68.5 Å². The summed E-state index contributed by atoms with van der Waals surface area (Å²) in [7, 11) is 0. The first-order valence-electron chi connectivity index (χ1n) is 5.76. The first-order chi connectivity index (χ1) is 7.18. The molecule has 1 aliphatic rings. The van der Waals surface area contributed by atoms with Gasteiger partial charge in [-0.25, -0.2) is 0 Å². The van der Waals surface area contributed by atoms with E-state index in [9.17, 15) is 0 Å². The molecule has 1 aromatic rings. The highest BCUT2D eigenvalue weighted by molar-refractivity contribution is 5.53. The Morgan fingerprint density at radius 2 is 1.87 bits per heavy atom. The quantitative estimate of drug-likeness (QED) is 0.689. The second-order valence-electron chi connectivity index (χ2n) is 4.58. The van der Waals surface area contributed by atoms with Gasteiger partial charge in [0.2, 0.25) is 0 Å². The van der Waals surface area contributed by atoms with Crippen LogP contribution in [-0.4, -0.2) is 13.1 Å². The molecule has 0 amide bonds. The van der Waals surface area contributed by atoms with E-state index >= 15 is 0 Å². The highest BCUT2D eigenvalue weighted by Gasteiger charge is 2.16. The molecule has 0 unspecified atom stereocenters. The Hall–Kier alpha value is -1.02. The van der Waals surface area contributed by atoms with E-state index in [-0.39, 0.29) is 0 Å². The molecule has 0 saturated carbocycles. The zero-order valence-corrected chi connectivity index (χ0v) is 9.64. The van der Waals surface area contributed by atoms with Gasteiger partial charge in [-0.15, -0.1) is 0 Å². The summed E-state index contributed by atoms with van der Waals surface area (Å²) in [6, 6.07) is 4.47. The maximum absolute atomic E-state index is 6.01. The first-order valence-corrected chi connectivity index (χ1v) is 5.76. The van der Waals surface area contributed by atoms with Gasteiger partial charge in [-0.2, -0.15) is 0 Å². The van der Waals surface area contributed by atoms with Crippen LogP contribution in [0.1, 0.15) is 35.4 Å². The Kier molecular flexibility index (Phi) is 2.96. The summed E-state index contributed by atoms with van der Waals surface area (Å²) in [5, 5.41) is 3.39. The van der Waals surface area contributed by atoms with Crippen LogP contribution in [0.5, 0.6) is 0 Å². The van der Waals surface area contributed by atoms with Gasteiger partial charge in [0.25, 0.3) is 0 Å². The lowest BCUT2D eigenvalue weighted by atomic mass is 9.88. The molecule has 1 heterocycles. The first kappa shape index (κ1) is 10.5. The van der Waals surface area contributed by atoms with Gasteiger partial charge in [0.15, 0.2) is 0 Å². The minimum absolute atomic E-state index is 0.702. The molecule has 0 radical (unpaired) electrons. The summed E-state index contributed by atoms with van der Waals surface area (Å²) in [5.41, 5.74) is 10.9. The monoisotopic (exact) mass is 204 g/mol. The molecule has 15 heavy (non-hydrogen) atoms. The Bertz CT molecular complexity index is 329. The Labute approximate surface area is 91.9 Å². The molecule has 2 rings (SSSR count). The molecule has 2 heteroatoms. The van der Waals surface area contributed by atoms with Crippen LogP contribution in [0.3, 0.4) is 0 Å². The molecular weight excluding hydrogens is 184 g/mol. The number of hydrogen-bond acceptors (Lipinski definition) is 2. The van der Waals surface area contributed by atoms with Crippen LogP contribution in [0.15, 0.2) is 12.1 Å². The third-order valence-electron chi connectivity index (χ3n) is 3.54. The molecule has 0 bridgehead atoms. The Morgan fingerprint density at radius 3 is 2.47 bits per heavy atom. The number of anilines is 1. The van der Waals surface area contributed by atoms with Crippen molar-refractivity contribution in [3.05, 3.63) is 28.8 Å². The summed E-state index contributed by atoms with van der Waals surface area (Å²) in [5.74, 6) is 0.702. The summed E-state index contributed by atoms with van der Waals surface area (Å²) in [6.07, 6.45) is 2.48. The average molecular weight is 204 g/mol. The Morgan fingerprint density at radius 1 is 1.20 bits per heavy atom. The highest BCUT2D eigenvalue weighted by Crippen LogP contribution is 2.29. The summed E-state index contributed by atoms with van der Waals surface area (Å²) < 4.78 is 0. The van der Waals surface area contributed by atoms with Gasteiger partial charge in [-0.3, -0.25) is 0 Å². The van der Waals surface area contributed by atoms with Crippen LogP contribution < -0.4 is 11.1 Å². The summed E-state index contributed by atoms with van der Waals surface area (Å²) in [4.78, 5) is 0. The Balaban J connectivity index is 2.27. The number of rotatable bonds is 1. The number of benzene rings is 1. The van der Waals surface area contributed by atoms with E-state index in [0.717, 1.165) is 18.8 Å². The van der Waals surface area contributed by atoms with Crippen LogP contribution in [0, 0.1) is 13.8 Å². The fourth-order valence-electron chi connectivity index (χ4n) is 2.31. The van der Waals surface area contributed by atoms with Gasteiger partial charge >= 0.3 is 0 Å². The fraction of sp³-hybridized carbons (Fsp3) is 0.538. The predicted octanol–water partition coefficient (Wildman–Crippen LogP) is 2.35. The van der Waals surface area contributed by atoms with Crippen molar-refractivity contribution in [3.8, 4) is 0 Å². The standard InChI is InChI=1S/C13H20N2/c1-9-7-12(8-13(14)10(9)2)11-3-5-15-6-4-11/h7-8,11,15H,3-6,14H2,1-2H3. The lowest BCUT2D eigenvalue weighted by Crippen LogP contribution is -2.26. The third kappa shape index (κ3) is 2.15. The number of piperidine rings is 1. The van der Waals surface area contributed by atoms with E-state index in [1.54, 1.807) is 0 Å². The van der Waals surface area contributed by atoms with E-state index in [0.29, 0.717) is 5.92 Å². The van der Waals surface area contributed by atoms with Gasteiger partial charge in [0.1, 0.15) is 0 Å². The van der Waals surface area contributed by atoms with Crippen LogP contribution in [-0.2, 0) is 0 Å². The molecule has 0 aliphatic carbocycles. The fourth-order valence-corrected chi connectivity index (χ4v) is 2.31. The predicted molar refractivity (Wildman–Crippen MR) is 65.2 cm³/mol. The zero-order valence-electron chi connectivity index (χ0n) is 9.64. The van der Waals surface area contributed by atoms with Gasteiger partial charge < -0.3 is 11.1 Å². The zero-order chi connectivity index (χ0) is 10.8. The van der Waals surface area contributed by atoms with Crippen molar-refractivity contribution < 1.29 is 0 Å². The second kappa shape index (κ2) is 4.23. The van der Waals surface area contributed by atoms with Crippen LogP contribution >= 0.6 is 0 Å². The number of nitrogen functional groups attached to an aromatic ring is 1. The van der Waals surface area contributed by atoms with Gasteiger partial charge in [-0.1, -0.05) is 6.07 Å². The molecule has 1 saturated heterocycles. The SMILES string of the molecule is Cc1cc(C2CCNCC2)cc(N)c1C. The maximum Gasteiger partial charge on any atom is 0.0349 e. The molecule has 1 aromatic carbocycles. The van der Waals surface area contributed by atoms with Crippen molar-refractivity contribution in [3.63, 3.8) is 0 Å². The van der Waals surface area contributed by atoms with E-state index in [1.807, 2.05) is 0 Å². The average Bonchev–Trinajstić information content (AvgIpc) is 2.26. The van der Waals surface area contributed by atoms with E-state index in [2.05, 4.69) is 31.3 Å². The van der Waals surface area contributed by atoms with Crippen LogP contribution in [0.4, 0.5) is 5.69 Å². The van der Waals surface area contributed by atoms with Crippen molar-refractivity contribution in [2.24, 2.45) is 0 Å². The molecular formula is C13H20N2. The molecule has 3 N–H and O–H groups in total. The summed E-state index contributed by atoms with van der Waals surface area (Å²) in [6.45, 7) is 6.52. The third-order valence-corrected chi connectivity index (χ3v) is 3.54. The largest absolute Gasteiger partial charge is 0.398 e. The van der Waals surface area contributed by atoms with Crippen molar-refractivity contribution in [1.82, 2.24) is 5.32 Å². The molecule has 1 fully saturated rings. The number of nitrogens with two attached hydrogens (primary N) is 1. The smallest absolute Gasteiger partial charge is 0.0349 e. The maximum atomic E-state index is 6.01. The van der Waals surface area contributed by atoms with Crippen molar-refractivity contribution >= 4 is 5.69 Å². The molecule has 82 valence electrons. The lowest BCUT2D eigenvalue weighted by Gasteiger charge is -2.24. The topological polar surface area (TPSA) is 38.0 Å². The molecule has 1 aliphatic heterocycles. The van der Waals surface area contributed by atoms with E-state index in [1.165, 1.54) is 29.5 Å². The minimum atomic E-state index is 0.702. The highest BCUT2D eigenvalue weighted by atomic mass is 14.9. The van der Waals surface area contributed by atoms with Crippen molar-refractivity contribution in [2.45, 2.75) is 32.6 Å². The van der Waals surface area contributed by atoms with Gasteiger partial charge in [0.05, 0.1) is 0 Å². The summed E-state index contributed by atoms with van der Waals surface area (Å²) >= 11 is 0. The minimum Gasteiger partial charge on any atom is -0.398 e. The van der Waals surface area contributed by atoms with Crippen LogP contribution in [0.2, 0.25) is 0 Å². The van der Waals surface area contributed by atoms with E-state index < -0.39 is 0 Å². The lowest BCUT2D eigenvalue weighted by molar-refractivity contribution is 0.460. The number of hydrogen-bond donors (Lipinski definition) is 2. The van der Waals surface area contributed by atoms with Crippen molar-refractivity contribution in [1.29, 1.82) is 0 Å². The molecule has 0 atom stereocenters. The number of nitrogens with one attached hydrogen (secondary N) is 1. The molecule has 2 nitrogen and oxygen atoms in total. The molecule has 0 spiro atoms. The van der Waals surface area contributed by atoms with Crippen molar-refractivity contribution in [2.75, 3.05) is 18.8 Å². The molecule has 0 aromatic heterocycles. The normalized spacial score (nSPS) is 18.0. The van der Waals surface area contributed by atoms with Gasteiger partial charge in [0, 0.05) is 5.69 Å². The second-order valence-corrected chi connectivity index (χ2v) is 4.58. The van der Waals surface area contributed by atoms with E-state index in [4.69, 9.17) is 5.73 Å². The van der Waals surface area contributed by atoms with Crippen LogP contribution in [0.25, 0.3) is 0 Å². The number of aryl methyl sites for hydroxylation is 1.